The van der Waals surface area contributed by atoms with Gasteiger partial charge in [0.15, 0.2) is 6.23 Å². The fraction of sp³-hybridized carbons (Fsp3) is 0.389. The van der Waals surface area contributed by atoms with E-state index in [0.717, 1.165) is 10.4 Å². The number of hydrogen-bond acceptors (Lipinski definition) is 8. The van der Waals surface area contributed by atoms with E-state index in [1.54, 1.807) is 17.2 Å². The smallest absolute Gasteiger partial charge is 0.224 e. The Morgan fingerprint density at radius 2 is 2.26 bits per heavy atom. The molecule has 3 unspecified atom stereocenters. The van der Waals surface area contributed by atoms with Crippen molar-refractivity contribution in [3.63, 3.8) is 0 Å². The Labute approximate surface area is 160 Å². The molecule has 0 radical (unpaired) electrons. The van der Waals surface area contributed by atoms with E-state index >= 15 is 0 Å². The zero-order valence-electron chi connectivity index (χ0n) is 14.8. The Kier molecular flexibility index (Phi) is 4.90. The van der Waals surface area contributed by atoms with Gasteiger partial charge in [-0.15, -0.1) is 11.3 Å². The fourth-order valence-electron chi connectivity index (χ4n) is 3.25. The van der Waals surface area contributed by atoms with E-state index in [-0.39, 0.29) is 12.6 Å². The molecule has 1 saturated heterocycles. The van der Waals surface area contributed by atoms with Crippen molar-refractivity contribution < 1.29 is 9.50 Å². The first kappa shape index (κ1) is 18.0. The maximum absolute atomic E-state index is 13.6. The second-order valence-electron chi connectivity index (χ2n) is 6.67. The number of pyridine rings is 1. The van der Waals surface area contributed by atoms with Crippen LogP contribution in [-0.2, 0) is 0 Å². The summed E-state index contributed by atoms with van der Waals surface area (Å²) >= 11 is 1.32. The third kappa shape index (κ3) is 3.71. The van der Waals surface area contributed by atoms with Crippen molar-refractivity contribution in [2.45, 2.75) is 31.8 Å². The van der Waals surface area contributed by atoms with Crippen molar-refractivity contribution >= 4 is 32.5 Å². The van der Waals surface area contributed by atoms with Gasteiger partial charge in [0, 0.05) is 19.3 Å². The number of rotatable bonds is 5. The molecular formula is C18H21FN6OS. The average molecular weight is 388 g/mol. The maximum atomic E-state index is 13.6. The summed E-state index contributed by atoms with van der Waals surface area (Å²) in [4.78, 5) is 15.1. The summed E-state index contributed by atoms with van der Waals surface area (Å²) in [6, 6.07) is 7.33. The van der Waals surface area contributed by atoms with Gasteiger partial charge in [0.2, 0.25) is 5.95 Å². The van der Waals surface area contributed by atoms with Crippen LogP contribution >= 0.6 is 11.3 Å². The minimum absolute atomic E-state index is 0.119. The molecule has 3 atom stereocenters. The lowest BCUT2D eigenvalue weighted by atomic mass is 10.2. The number of alkyl halides is 1. The quantitative estimate of drug-likeness (QED) is 0.618. The van der Waals surface area contributed by atoms with Crippen LogP contribution in [0.3, 0.4) is 0 Å². The van der Waals surface area contributed by atoms with Crippen LogP contribution in [0, 0.1) is 0 Å². The highest BCUT2D eigenvalue weighted by Gasteiger charge is 2.30. The lowest BCUT2D eigenvalue weighted by Gasteiger charge is -2.23. The van der Waals surface area contributed by atoms with Crippen molar-refractivity contribution in [1.29, 1.82) is 0 Å². The van der Waals surface area contributed by atoms with E-state index in [0.29, 0.717) is 35.1 Å². The first-order chi connectivity index (χ1) is 13.0. The number of anilines is 2. The van der Waals surface area contributed by atoms with Crippen LogP contribution in [0.5, 0.6) is 0 Å². The van der Waals surface area contributed by atoms with Crippen molar-refractivity contribution in [2.24, 2.45) is 0 Å². The first-order valence-electron chi connectivity index (χ1n) is 8.82. The number of nitrogens with two attached hydrogens (primary N) is 1. The second kappa shape index (κ2) is 7.34. The number of aliphatic hydroxyl groups excluding tert-OH is 1. The molecule has 0 aliphatic carbocycles. The SMILES string of the molecule is CC(Nc1nc(C(O)N2CCC(F)C2)c2sc(N)cc2n1)c1ccccn1. The predicted octanol–water partition coefficient (Wildman–Crippen LogP) is 2.88. The molecule has 0 aromatic carbocycles. The minimum atomic E-state index is -1.000. The van der Waals surface area contributed by atoms with E-state index in [2.05, 4.69) is 20.3 Å². The Hall–Kier alpha value is -2.36. The van der Waals surface area contributed by atoms with Crippen LogP contribution in [0.1, 0.15) is 37.0 Å². The topological polar surface area (TPSA) is 100 Å². The molecule has 1 fully saturated rings. The van der Waals surface area contributed by atoms with Crippen molar-refractivity contribution in [1.82, 2.24) is 19.9 Å². The number of nitrogen functional groups attached to an aromatic ring is 1. The summed E-state index contributed by atoms with van der Waals surface area (Å²) in [5.74, 6) is 0.378. The standard InChI is InChI=1S/C18H21FN6OS/c1-10(12-4-2-3-6-21-12)22-18-23-13-8-14(20)27-16(13)15(24-18)17(26)25-7-5-11(19)9-25/h2-4,6,8,10-11,17,26H,5,7,9,20H2,1H3,(H,22,23,24). The molecule has 1 aliphatic rings. The Balaban J connectivity index is 1.68. The molecule has 0 saturated carbocycles. The number of nitrogens with zero attached hydrogens (tertiary/aromatic N) is 4. The highest BCUT2D eigenvalue weighted by atomic mass is 32.1. The van der Waals surface area contributed by atoms with Gasteiger partial charge >= 0.3 is 0 Å². The largest absolute Gasteiger partial charge is 0.391 e. The summed E-state index contributed by atoms with van der Waals surface area (Å²) in [5.41, 5.74) is 7.91. The van der Waals surface area contributed by atoms with Gasteiger partial charge < -0.3 is 16.2 Å². The molecule has 3 aromatic rings. The molecule has 0 bridgehead atoms. The maximum Gasteiger partial charge on any atom is 0.224 e. The third-order valence-corrected chi connectivity index (χ3v) is 5.62. The van der Waals surface area contributed by atoms with E-state index in [1.165, 1.54) is 11.3 Å². The molecule has 27 heavy (non-hydrogen) atoms. The Morgan fingerprint density at radius 1 is 1.41 bits per heavy atom. The zero-order chi connectivity index (χ0) is 19.0. The van der Waals surface area contributed by atoms with Crippen LogP contribution in [0.2, 0.25) is 0 Å². The second-order valence-corrected chi connectivity index (χ2v) is 7.75. The number of hydrogen-bond donors (Lipinski definition) is 3. The van der Waals surface area contributed by atoms with Gasteiger partial charge in [-0.1, -0.05) is 6.07 Å². The van der Waals surface area contributed by atoms with Crippen LogP contribution < -0.4 is 11.1 Å². The van der Waals surface area contributed by atoms with Crippen LogP contribution in [0.25, 0.3) is 10.2 Å². The normalized spacial score (nSPS) is 20.0. The van der Waals surface area contributed by atoms with Gasteiger partial charge in [0.25, 0.3) is 0 Å². The molecule has 0 spiro atoms. The number of likely N-dealkylation sites (tertiary alicyclic amines) is 1. The molecule has 7 nitrogen and oxygen atoms in total. The summed E-state index contributed by atoms with van der Waals surface area (Å²) in [6.07, 6.45) is 0.222. The van der Waals surface area contributed by atoms with E-state index in [1.807, 2.05) is 25.1 Å². The summed E-state index contributed by atoms with van der Waals surface area (Å²) < 4.78 is 14.3. The molecule has 142 valence electrons. The third-order valence-electron chi connectivity index (χ3n) is 4.65. The monoisotopic (exact) mass is 388 g/mol. The number of aliphatic hydroxyl groups is 1. The number of nitrogens with one attached hydrogen (secondary N) is 1. The molecule has 4 N–H and O–H groups in total. The van der Waals surface area contributed by atoms with Gasteiger partial charge in [-0.25, -0.2) is 14.4 Å². The summed E-state index contributed by atoms with van der Waals surface area (Å²) in [6.45, 7) is 2.64. The minimum Gasteiger partial charge on any atom is -0.391 e. The molecule has 1 aliphatic heterocycles. The van der Waals surface area contributed by atoms with Crippen molar-refractivity contribution in [3.8, 4) is 0 Å². The summed E-state index contributed by atoms with van der Waals surface area (Å²) in [5, 5.41) is 14.6. The van der Waals surface area contributed by atoms with Gasteiger partial charge in [-0.3, -0.25) is 9.88 Å². The molecule has 9 heteroatoms. The Morgan fingerprint density at radius 3 is 2.96 bits per heavy atom. The van der Waals surface area contributed by atoms with E-state index in [4.69, 9.17) is 5.73 Å². The van der Waals surface area contributed by atoms with Gasteiger partial charge in [-0.2, -0.15) is 0 Å². The molecule has 0 amide bonds. The van der Waals surface area contributed by atoms with Gasteiger partial charge in [0.1, 0.15) is 11.9 Å². The van der Waals surface area contributed by atoms with Gasteiger partial charge in [0.05, 0.1) is 27.0 Å². The lowest BCUT2D eigenvalue weighted by Crippen LogP contribution is -2.27. The van der Waals surface area contributed by atoms with Crippen LogP contribution in [0.4, 0.5) is 15.3 Å². The number of halogens is 1. The van der Waals surface area contributed by atoms with Gasteiger partial charge in [-0.05, 0) is 31.5 Å². The van der Waals surface area contributed by atoms with E-state index in [9.17, 15) is 9.50 Å². The van der Waals surface area contributed by atoms with Crippen molar-refractivity contribution in [3.05, 3.63) is 41.9 Å². The Bertz CT molecular complexity index is 936. The molecular weight excluding hydrogens is 367 g/mol. The molecule has 4 rings (SSSR count). The lowest BCUT2D eigenvalue weighted by molar-refractivity contribution is 0.0130. The predicted molar refractivity (Wildman–Crippen MR) is 104 cm³/mol. The van der Waals surface area contributed by atoms with Crippen molar-refractivity contribution in [2.75, 3.05) is 24.1 Å². The molecule has 4 heterocycles. The fourth-order valence-corrected chi connectivity index (χ4v) is 4.12. The highest BCUT2D eigenvalue weighted by Crippen LogP contribution is 2.35. The average Bonchev–Trinajstić information content (AvgIpc) is 3.26. The first-order valence-corrected chi connectivity index (χ1v) is 9.63. The highest BCUT2D eigenvalue weighted by molar-refractivity contribution is 7.22. The summed E-state index contributed by atoms with van der Waals surface area (Å²) in [7, 11) is 0. The van der Waals surface area contributed by atoms with Crippen LogP contribution in [0.15, 0.2) is 30.5 Å². The zero-order valence-corrected chi connectivity index (χ0v) is 15.7. The van der Waals surface area contributed by atoms with E-state index < -0.39 is 12.4 Å². The number of aromatic nitrogens is 3. The number of thiophene rings is 1. The molecule has 3 aromatic heterocycles. The van der Waals surface area contributed by atoms with Crippen LogP contribution in [-0.4, -0.2) is 44.2 Å². The number of fused-ring (bicyclic) bond motifs is 1.